The number of nitrogens with one attached hydrogen (secondary N) is 1. The van der Waals surface area contributed by atoms with Gasteiger partial charge >= 0.3 is 0 Å². The summed E-state index contributed by atoms with van der Waals surface area (Å²) in [6.45, 7) is 5.17. The van der Waals surface area contributed by atoms with Crippen molar-refractivity contribution in [3.8, 4) is 0 Å². The van der Waals surface area contributed by atoms with E-state index in [2.05, 4.69) is 64.0 Å². The van der Waals surface area contributed by atoms with Crippen LogP contribution in [0.2, 0.25) is 0 Å². The summed E-state index contributed by atoms with van der Waals surface area (Å²) in [4.78, 5) is 0. The lowest BCUT2D eigenvalue weighted by Crippen LogP contribution is -2.17. The van der Waals surface area contributed by atoms with Crippen molar-refractivity contribution in [1.29, 1.82) is 0 Å². The Kier molecular flexibility index (Phi) is 4.19. The van der Waals surface area contributed by atoms with Gasteiger partial charge in [0.15, 0.2) is 0 Å². The van der Waals surface area contributed by atoms with Gasteiger partial charge in [-0.25, -0.2) is 0 Å². The van der Waals surface area contributed by atoms with Gasteiger partial charge in [-0.1, -0.05) is 25.1 Å². The SMILES string of the molecule is CCCNCc1cc2ccccc2n1Cc1ccsc1. The van der Waals surface area contributed by atoms with E-state index >= 15 is 0 Å². The first-order chi connectivity index (χ1) is 9.88. The lowest BCUT2D eigenvalue weighted by molar-refractivity contribution is 0.636. The number of thiophene rings is 1. The molecule has 3 heteroatoms. The Balaban J connectivity index is 1.94. The largest absolute Gasteiger partial charge is 0.339 e. The number of hydrogen-bond donors (Lipinski definition) is 1. The molecule has 20 heavy (non-hydrogen) atoms. The molecular formula is C17H20N2S. The zero-order chi connectivity index (χ0) is 13.8. The molecule has 0 aliphatic heterocycles. The molecule has 0 spiro atoms. The van der Waals surface area contributed by atoms with E-state index in [1.165, 1.54) is 28.6 Å². The van der Waals surface area contributed by atoms with Crippen molar-refractivity contribution in [2.24, 2.45) is 0 Å². The van der Waals surface area contributed by atoms with Crippen molar-refractivity contribution in [1.82, 2.24) is 9.88 Å². The predicted molar refractivity (Wildman–Crippen MR) is 87.4 cm³/mol. The molecule has 0 unspecified atom stereocenters. The van der Waals surface area contributed by atoms with Crippen molar-refractivity contribution in [3.63, 3.8) is 0 Å². The first-order valence-corrected chi connectivity index (χ1v) is 8.11. The van der Waals surface area contributed by atoms with Crippen LogP contribution >= 0.6 is 11.3 Å². The molecule has 2 aromatic heterocycles. The van der Waals surface area contributed by atoms with Crippen LogP contribution in [-0.4, -0.2) is 11.1 Å². The number of fused-ring (bicyclic) bond motifs is 1. The summed E-state index contributed by atoms with van der Waals surface area (Å²) >= 11 is 1.77. The Morgan fingerprint density at radius 1 is 1.20 bits per heavy atom. The summed E-state index contributed by atoms with van der Waals surface area (Å²) in [5.41, 5.74) is 4.07. The van der Waals surface area contributed by atoms with Crippen LogP contribution in [-0.2, 0) is 13.1 Å². The molecular weight excluding hydrogens is 264 g/mol. The molecule has 0 atom stereocenters. The van der Waals surface area contributed by atoms with Crippen LogP contribution in [0.1, 0.15) is 24.6 Å². The van der Waals surface area contributed by atoms with Gasteiger partial charge in [0.2, 0.25) is 0 Å². The molecule has 3 rings (SSSR count). The van der Waals surface area contributed by atoms with E-state index in [1.54, 1.807) is 11.3 Å². The maximum Gasteiger partial charge on any atom is 0.0487 e. The fraction of sp³-hybridized carbons (Fsp3) is 0.294. The third-order valence-corrected chi connectivity index (χ3v) is 4.28. The Morgan fingerprint density at radius 3 is 2.90 bits per heavy atom. The number of rotatable bonds is 6. The normalized spacial score (nSPS) is 11.2. The van der Waals surface area contributed by atoms with Crippen molar-refractivity contribution in [3.05, 3.63) is 58.4 Å². The van der Waals surface area contributed by atoms with Crippen molar-refractivity contribution in [2.45, 2.75) is 26.4 Å². The van der Waals surface area contributed by atoms with Gasteiger partial charge in [-0.05, 0) is 52.9 Å². The third-order valence-electron chi connectivity index (χ3n) is 3.55. The minimum Gasteiger partial charge on any atom is -0.339 e. The molecule has 0 bridgehead atoms. The molecule has 1 N–H and O–H groups in total. The van der Waals surface area contributed by atoms with E-state index in [4.69, 9.17) is 0 Å². The average Bonchev–Trinajstić information content (AvgIpc) is 3.09. The van der Waals surface area contributed by atoms with Crippen LogP contribution in [0.15, 0.2) is 47.2 Å². The standard InChI is InChI=1S/C17H20N2S/c1-2-8-18-11-16-10-15-5-3-4-6-17(15)19(16)12-14-7-9-20-13-14/h3-7,9-10,13,18H,2,8,11-12H2,1H3. The summed E-state index contributed by atoms with van der Waals surface area (Å²) in [5, 5.41) is 9.23. The van der Waals surface area contributed by atoms with Gasteiger partial charge in [-0.3, -0.25) is 0 Å². The quantitative estimate of drug-likeness (QED) is 0.670. The lowest BCUT2D eigenvalue weighted by atomic mass is 10.2. The van der Waals surface area contributed by atoms with Crippen molar-refractivity contribution >= 4 is 22.2 Å². The lowest BCUT2D eigenvalue weighted by Gasteiger charge is -2.10. The smallest absolute Gasteiger partial charge is 0.0487 e. The minimum absolute atomic E-state index is 0.937. The molecule has 0 amide bonds. The summed E-state index contributed by atoms with van der Waals surface area (Å²) in [6.07, 6.45) is 1.17. The predicted octanol–water partition coefficient (Wildman–Crippen LogP) is 4.25. The summed E-state index contributed by atoms with van der Waals surface area (Å²) < 4.78 is 2.43. The molecule has 0 saturated heterocycles. The number of para-hydroxylation sites is 1. The maximum absolute atomic E-state index is 3.51. The highest BCUT2D eigenvalue weighted by Crippen LogP contribution is 2.22. The highest BCUT2D eigenvalue weighted by molar-refractivity contribution is 7.07. The number of benzene rings is 1. The average molecular weight is 284 g/mol. The monoisotopic (exact) mass is 284 g/mol. The Labute approximate surface area is 124 Å². The van der Waals surface area contributed by atoms with Gasteiger partial charge in [-0.2, -0.15) is 11.3 Å². The maximum atomic E-state index is 3.51. The minimum atomic E-state index is 0.937. The second-order valence-corrected chi connectivity index (χ2v) is 5.87. The van der Waals surface area contributed by atoms with Crippen molar-refractivity contribution < 1.29 is 0 Å². The van der Waals surface area contributed by atoms with Crippen LogP contribution in [0.25, 0.3) is 10.9 Å². The van der Waals surface area contributed by atoms with Gasteiger partial charge in [-0.15, -0.1) is 0 Å². The Morgan fingerprint density at radius 2 is 2.10 bits per heavy atom. The zero-order valence-electron chi connectivity index (χ0n) is 11.8. The second-order valence-electron chi connectivity index (χ2n) is 5.09. The van der Waals surface area contributed by atoms with Crippen LogP contribution in [0.5, 0.6) is 0 Å². The molecule has 2 nitrogen and oxygen atoms in total. The molecule has 0 saturated carbocycles. The van der Waals surface area contributed by atoms with Gasteiger partial charge < -0.3 is 9.88 Å². The third kappa shape index (κ3) is 2.79. The van der Waals surface area contributed by atoms with E-state index in [1.807, 2.05) is 0 Å². The van der Waals surface area contributed by atoms with Gasteiger partial charge in [0.05, 0.1) is 0 Å². The summed E-state index contributed by atoms with van der Waals surface area (Å²) in [7, 11) is 0. The molecule has 3 aromatic rings. The van der Waals surface area contributed by atoms with E-state index in [-0.39, 0.29) is 0 Å². The van der Waals surface area contributed by atoms with Crippen molar-refractivity contribution in [2.75, 3.05) is 6.54 Å². The summed E-state index contributed by atoms with van der Waals surface area (Å²) in [6, 6.07) is 13.2. The van der Waals surface area contributed by atoms with Crippen LogP contribution in [0.3, 0.4) is 0 Å². The zero-order valence-corrected chi connectivity index (χ0v) is 12.6. The van der Waals surface area contributed by atoms with E-state index in [0.717, 1.165) is 19.6 Å². The highest BCUT2D eigenvalue weighted by atomic mass is 32.1. The fourth-order valence-electron chi connectivity index (χ4n) is 2.56. The van der Waals surface area contributed by atoms with E-state index in [9.17, 15) is 0 Å². The molecule has 0 radical (unpaired) electrons. The van der Waals surface area contributed by atoms with Crippen LogP contribution in [0, 0.1) is 0 Å². The summed E-state index contributed by atoms with van der Waals surface area (Å²) in [5.74, 6) is 0. The topological polar surface area (TPSA) is 17.0 Å². The number of aromatic nitrogens is 1. The molecule has 2 heterocycles. The second kappa shape index (κ2) is 6.25. The highest BCUT2D eigenvalue weighted by Gasteiger charge is 2.08. The van der Waals surface area contributed by atoms with Gasteiger partial charge in [0, 0.05) is 24.3 Å². The molecule has 0 aliphatic carbocycles. The van der Waals surface area contributed by atoms with Gasteiger partial charge in [0.1, 0.15) is 0 Å². The molecule has 0 fully saturated rings. The molecule has 1 aromatic carbocycles. The Bertz CT molecular complexity index is 667. The number of nitrogens with zero attached hydrogens (tertiary/aromatic N) is 1. The van der Waals surface area contributed by atoms with Crippen LogP contribution < -0.4 is 5.32 Å². The van der Waals surface area contributed by atoms with Crippen LogP contribution in [0.4, 0.5) is 0 Å². The first kappa shape index (κ1) is 13.4. The Hall–Kier alpha value is -1.58. The fourth-order valence-corrected chi connectivity index (χ4v) is 3.22. The van der Waals surface area contributed by atoms with Gasteiger partial charge in [0.25, 0.3) is 0 Å². The number of hydrogen-bond acceptors (Lipinski definition) is 2. The van der Waals surface area contributed by atoms with E-state index < -0.39 is 0 Å². The molecule has 104 valence electrons. The molecule has 0 aliphatic rings. The van der Waals surface area contributed by atoms with E-state index in [0.29, 0.717) is 0 Å². The first-order valence-electron chi connectivity index (χ1n) is 7.17.